The van der Waals surface area contributed by atoms with Crippen LogP contribution in [0.3, 0.4) is 0 Å². The van der Waals surface area contributed by atoms with Crippen molar-refractivity contribution in [1.82, 2.24) is 9.55 Å². The normalized spacial score (nSPS) is 22.5. The molecule has 0 aliphatic carbocycles. The highest BCUT2D eigenvalue weighted by Crippen LogP contribution is 2.19. The number of hydrogen-bond donors (Lipinski definition) is 1. The Labute approximate surface area is 99.6 Å². The van der Waals surface area contributed by atoms with Gasteiger partial charge in [-0.15, -0.1) is 0 Å². The molecule has 1 aromatic heterocycles. The van der Waals surface area contributed by atoms with Gasteiger partial charge in [0.05, 0.1) is 11.0 Å². The van der Waals surface area contributed by atoms with Gasteiger partial charge in [-0.2, -0.15) is 0 Å². The van der Waals surface area contributed by atoms with Gasteiger partial charge < -0.3 is 9.88 Å². The molecule has 1 saturated heterocycles. The second-order valence-corrected chi connectivity index (χ2v) is 6.60. The first-order chi connectivity index (χ1) is 8.00. The number of aryl methyl sites for hydroxylation is 1. The lowest BCUT2D eigenvalue weighted by atomic mass is 10.2. The van der Waals surface area contributed by atoms with Crippen LogP contribution in [0.1, 0.15) is 12.8 Å². The van der Waals surface area contributed by atoms with E-state index in [1.54, 1.807) is 13.2 Å². The minimum absolute atomic E-state index is 0.206. The van der Waals surface area contributed by atoms with Crippen LogP contribution >= 0.6 is 0 Å². The number of hydrogen-bond acceptors (Lipinski definition) is 5. The van der Waals surface area contributed by atoms with Gasteiger partial charge in [0, 0.05) is 26.0 Å². The topological polar surface area (TPSA) is 81.1 Å². The molecule has 1 unspecified atom stereocenters. The highest BCUT2D eigenvalue weighted by atomic mass is 32.2. The van der Waals surface area contributed by atoms with Gasteiger partial charge in [0.25, 0.3) is 5.56 Å². The zero-order valence-electron chi connectivity index (χ0n) is 9.59. The predicted octanol–water partition coefficient (Wildman–Crippen LogP) is -0.231. The molecule has 0 aromatic carbocycles. The van der Waals surface area contributed by atoms with Crippen molar-refractivity contribution in [3.8, 4) is 0 Å². The molecule has 1 atom stereocenters. The van der Waals surface area contributed by atoms with E-state index in [0.717, 1.165) is 0 Å². The Kier molecular flexibility index (Phi) is 3.19. The van der Waals surface area contributed by atoms with E-state index in [4.69, 9.17) is 0 Å². The summed E-state index contributed by atoms with van der Waals surface area (Å²) >= 11 is 0. The molecule has 1 N–H and O–H groups in total. The van der Waals surface area contributed by atoms with E-state index in [1.807, 2.05) is 0 Å². The third-order valence-corrected chi connectivity index (χ3v) is 5.25. The number of aromatic nitrogens is 2. The summed E-state index contributed by atoms with van der Waals surface area (Å²) in [6.07, 6.45) is 4.42. The zero-order chi connectivity index (χ0) is 12.5. The Balaban J connectivity index is 2.08. The molecular formula is C10H15N3O3S. The van der Waals surface area contributed by atoms with Crippen molar-refractivity contribution < 1.29 is 8.42 Å². The molecule has 6 nitrogen and oxygen atoms in total. The van der Waals surface area contributed by atoms with Crippen LogP contribution in [-0.4, -0.2) is 35.5 Å². The van der Waals surface area contributed by atoms with E-state index < -0.39 is 15.1 Å². The average Bonchev–Trinajstić information content (AvgIpc) is 2.60. The van der Waals surface area contributed by atoms with Gasteiger partial charge in [-0.1, -0.05) is 0 Å². The molecular weight excluding hydrogens is 242 g/mol. The molecule has 2 rings (SSSR count). The van der Waals surface area contributed by atoms with E-state index in [1.165, 1.54) is 10.8 Å². The Bertz CT molecular complexity index is 564. The third kappa shape index (κ3) is 2.49. The minimum atomic E-state index is -2.98. The summed E-state index contributed by atoms with van der Waals surface area (Å²) in [5.74, 6) is 0.455. The molecule has 7 heteroatoms. The van der Waals surface area contributed by atoms with E-state index in [9.17, 15) is 13.2 Å². The highest BCUT2D eigenvalue weighted by Gasteiger charge is 2.31. The molecule has 0 bridgehead atoms. The molecule has 1 fully saturated rings. The number of sulfone groups is 1. The summed E-state index contributed by atoms with van der Waals surface area (Å²) < 4.78 is 24.6. The van der Waals surface area contributed by atoms with Crippen LogP contribution in [-0.2, 0) is 16.9 Å². The van der Waals surface area contributed by atoms with Gasteiger partial charge in [-0.25, -0.2) is 13.4 Å². The summed E-state index contributed by atoms with van der Waals surface area (Å²) in [5, 5.41) is 2.43. The molecule has 1 aliphatic rings. The van der Waals surface area contributed by atoms with Gasteiger partial charge >= 0.3 is 0 Å². The lowest BCUT2D eigenvalue weighted by molar-refractivity contribution is 0.591. The van der Waals surface area contributed by atoms with Gasteiger partial charge in [-0.3, -0.25) is 4.79 Å². The monoisotopic (exact) mass is 257 g/mol. The van der Waals surface area contributed by atoms with Crippen LogP contribution in [0.15, 0.2) is 17.2 Å². The average molecular weight is 257 g/mol. The second-order valence-electron chi connectivity index (χ2n) is 4.20. The Morgan fingerprint density at radius 1 is 1.59 bits per heavy atom. The van der Waals surface area contributed by atoms with E-state index in [2.05, 4.69) is 10.3 Å². The standard InChI is InChI=1S/C10H15N3O3S/c1-13-5-4-11-9(10(13)14)12-7-8-3-2-6-17(8,15)16/h4-5,8H,2-3,6-7H2,1H3,(H,11,12). The lowest BCUT2D eigenvalue weighted by Gasteiger charge is -2.11. The highest BCUT2D eigenvalue weighted by molar-refractivity contribution is 7.92. The quantitative estimate of drug-likeness (QED) is 0.809. The van der Waals surface area contributed by atoms with Gasteiger partial charge in [-0.05, 0) is 12.8 Å². The summed E-state index contributed by atoms with van der Waals surface area (Å²) in [4.78, 5) is 15.5. The SMILES string of the molecule is Cn1ccnc(NCC2CCCS2(=O)=O)c1=O. The fourth-order valence-corrected chi connectivity index (χ4v) is 3.68. The van der Waals surface area contributed by atoms with Crippen LogP contribution in [0.5, 0.6) is 0 Å². The molecule has 17 heavy (non-hydrogen) atoms. The fraction of sp³-hybridized carbons (Fsp3) is 0.600. The lowest BCUT2D eigenvalue weighted by Crippen LogP contribution is -2.29. The minimum Gasteiger partial charge on any atom is -0.364 e. The van der Waals surface area contributed by atoms with E-state index >= 15 is 0 Å². The van der Waals surface area contributed by atoms with Gasteiger partial charge in [0.1, 0.15) is 0 Å². The van der Waals surface area contributed by atoms with Crippen LogP contribution in [0.2, 0.25) is 0 Å². The number of nitrogens with one attached hydrogen (secondary N) is 1. The number of nitrogens with zero attached hydrogens (tertiary/aromatic N) is 2. The van der Waals surface area contributed by atoms with Crippen LogP contribution < -0.4 is 10.9 Å². The zero-order valence-corrected chi connectivity index (χ0v) is 10.4. The molecule has 0 saturated carbocycles. The van der Waals surface area contributed by atoms with Crippen LogP contribution in [0.4, 0.5) is 5.82 Å². The summed E-state index contributed by atoms with van der Waals surface area (Å²) in [7, 11) is -1.35. The van der Waals surface area contributed by atoms with Crippen molar-refractivity contribution in [2.75, 3.05) is 17.6 Å². The smallest absolute Gasteiger partial charge is 0.293 e. The Morgan fingerprint density at radius 3 is 3.00 bits per heavy atom. The molecule has 2 heterocycles. The molecule has 1 aliphatic heterocycles. The largest absolute Gasteiger partial charge is 0.364 e. The van der Waals surface area contributed by atoms with E-state index in [0.29, 0.717) is 12.8 Å². The first-order valence-corrected chi connectivity index (χ1v) is 7.19. The second kappa shape index (κ2) is 4.48. The molecule has 94 valence electrons. The van der Waals surface area contributed by atoms with Crippen molar-refractivity contribution >= 4 is 15.7 Å². The maximum Gasteiger partial charge on any atom is 0.293 e. The van der Waals surface area contributed by atoms with Crippen LogP contribution in [0, 0.1) is 0 Å². The predicted molar refractivity (Wildman–Crippen MR) is 64.8 cm³/mol. The fourth-order valence-electron chi connectivity index (χ4n) is 1.92. The maximum absolute atomic E-state index is 11.6. The third-order valence-electron chi connectivity index (χ3n) is 2.98. The summed E-state index contributed by atoms with van der Waals surface area (Å²) in [6, 6.07) is 0. The number of rotatable bonds is 3. The van der Waals surface area contributed by atoms with Gasteiger partial charge in [0.15, 0.2) is 15.7 Å². The summed E-state index contributed by atoms with van der Waals surface area (Å²) in [5.41, 5.74) is -0.247. The van der Waals surface area contributed by atoms with E-state index in [-0.39, 0.29) is 23.7 Å². The van der Waals surface area contributed by atoms with Crippen molar-refractivity contribution in [3.63, 3.8) is 0 Å². The van der Waals surface area contributed by atoms with Crippen molar-refractivity contribution in [2.45, 2.75) is 18.1 Å². The maximum atomic E-state index is 11.6. The number of anilines is 1. The first-order valence-electron chi connectivity index (χ1n) is 5.48. The first kappa shape index (κ1) is 12.1. The Morgan fingerprint density at radius 2 is 2.35 bits per heavy atom. The molecule has 0 spiro atoms. The Hall–Kier alpha value is -1.37. The molecule has 0 amide bonds. The molecule has 0 radical (unpaired) electrons. The summed E-state index contributed by atoms with van der Waals surface area (Å²) in [6.45, 7) is 0.259. The van der Waals surface area contributed by atoms with Gasteiger partial charge in [0.2, 0.25) is 0 Å². The van der Waals surface area contributed by atoms with Crippen LogP contribution in [0.25, 0.3) is 0 Å². The van der Waals surface area contributed by atoms with Crippen molar-refractivity contribution in [2.24, 2.45) is 7.05 Å². The molecule has 1 aromatic rings. The van der Waals surface area contributed by atoms with Crippen molar-refractivity contribution in [3.05, 3.63) is 22.7 Å². The van der Waals surface area contributed by atoms with Crippen molar-refractivity contribution in [1.29, 1.82) is 0 Å².